The van der Waals surface area contributed by atoms with Gasteiger partial charge in [-0.05, 0) is 29.8 Å². The van der Waals surface area contributed by atoms with Gasteiger partial charge in [-0.2, -0.15) is 0 Å². The van der Waals surface area contributed by atoms with E-state index in [-0.39, 0.29) is 0 Å². The molecule has 0 radical (unpaired) electrons. The van der Waals surface area contributed by atoms with E-state index >= 15 is 0 Å². The molecule has 1 N–H and O–H groups in total. The third-order valence-electron chi connectivity index (χ3n) is 3.47. The minimum absolute atomic E-state index is 0.616. The highest BCUT2D eigenvalue weighted by atomic mass is 16.5. The van der Waals surface area contributed by atoms with Gasteiger partial charge in [0.05, 0.1) is 12.1 Å². The second kappa shape index (κ2) is 6.37. The first-order chi connectivity index (χ1) is 10.4. The molecule has 1 aromatic heterocycles. The molecule has 2 aromatic carbocycles. The van der Waals surface area contributed by atoms with Gasteiger partial charge in [0.15, 0.2) is 0 Å². The molecular formula is C18H18N2O. The number of hydrogen-bond donors (Lipinski definition) is 1. The van der Waals surface area contributed by atoms with Crippen molar-refractivity contribution >= 4 is 16.6 Å². The van der Waals surface area contributed by atoms with Gasteiger partial charge in [0, 0.05) is 36.5 Å². The normalized spacial score (nSPS) is 10.7. The summed E-state index contributed by atoms with van der Waals surface area (Å²) in [4.78, 5) is 4.34. The number of ether oxygens (including phenoxy) is 1. The fraction of sp³-hybridized carbons (Fsp3) is 0.167. The van der Waals surface area contributed by atoms with Crippen LogP contribution >= 0.6 is 0 Å². The van der Waals surface area contributed by atoms with E-state index in [0.717, 1.165) is 17.7 Å². The van der Waals surface area contributed by atoms with Crippen LogP contribution < -0.4 is 5.32 Å². The lowest BCUT2D eigenvalue weighted by molar-refractivity contribution is 0.185. The topological polar surface area (TPSA) is 34.1 Å². The number of rotatable bonds is 5. The van der Waals surface area contributed by atoms with Crippen LogP contribution in [-0.4, -0.2) is 12.1 Å². The standard InChI is InChI=1S/C18H18N2O/c1-21-13-16-5-2-3-7-17(16)20-12-14-8-9-18-15(11-14)6-4-10-19-18/h2-11,20H,12-13H2,1H3. The van der Waals surface area contributed by atoms with Gasteiger partial charge in [-0.1, -0.05) is 30.3 Å². The number of aromatic nitrogens is 1. The summed E-state index contributed by atoms with van der Waals surface area (Å²) >= 11 is 0. The molecule has 0 aliphatic rings. The highest BCUT2D eigenvalue weighted by Crippen LogP contribution is 2.18. The summed E-state index contributed by atoms with van der Waals surface area (Å²) in [5, 5.41) is 4.65. The van der Waals surface area contributed by atoms with Gasteiger partial charge >= 0.3 is 0 Å². The Morgan fingerprint density at radius 3 is 2.86 bits per heavy atom. The van der Waals surface area contributed by atoms with Crippen LogP contribution in [0, 0.1) is 0 Å². The Bertz CT molecular complexity index is 740. The Morgan fingerprint density at radius 2 is 1.95 bits per heavy atom. The Balaban J connectivity index is 1.77. The fourth-order valence-electron chi connectivity index (χ4n) is 2.41. The Morgan fingerprint density at radius 1 is 1.05 bits per heavy atom. The molecule has 0 amide bonds. The van der Waals surface area contributed by atoms with Crippen LogP contribution in [0.1, 0.15) is 11.1 Å². The van der Waals surface area contributed by atoms with Crippen molar-refractivity contribution in [3.05, 3.63) is 71.9 Å². The minimum Gasteiger partial charge on any atom is -0.381 e. The highest BCUT2D eigenvalue weighted by Gasteiger charge is 2.02. The lowest BCUT2D eigenvalue weighted by Gasteiger charge is -2.12. The monoisotopic (exact) mass is 278 g/mol. The van der Waals surface area contributed by atoms with Gasteiger partial charge < -0.3 is 10.1 Å². The smallest absolute Gasteiger partial charge is 0.0733 e. The number of benzene rings is 2. The molecule has 0 aliphatic carbocycles. The largest absolute Gasteiger partial charge is 0.381 e. The number of hydrogen-bond acceptors (Lipinski definition) is 3. The zero-order chi connectivity index (χ0) is 14.5. The number of methoxy groups -OCH3 is 1. The first kappa shape index (κ1) is 13.6. The van der Waals surface area contributed by atoms with E-state index < -0.39 is 0 Å². The van der Waals surface area contributed by atoms with Gasteiger partial charge in [0.2, 0.25) is 0 Å². The third kappa shape index (κ3) is 3.20. The Labute approximate surface area is 124 Å². The van der Waals surface area contributed by atoms with E-state index in [0.29, 0.717) is 6.61 Å². The van der Waals surface area contributed by atoms with Gasteiger partial charge in [-0.25, -0.2) is 0 Å². The van der Waals surface area contributed by atoms with E-state index in [1.54, 1.807) is 7.11 Å². The molecule has 0 fully saturated rings. The van der Waals surface area contributed by atoms with Crippen molar-refractivity contribution in [1.82, 2.24) is 4.98 Å². The number of pyridine rings is 1. The van der Waals surface area contributed by atoms with Crippen molar-refractivity contribution in [1.29, 1.82) is 0 Å². The molecule has 0 spiro atoms. The quantitative estimate of drug-likeness (QED) is 0.766. The van der Waals surface area contributed by atoms with Crippen molar-refractivity contribution in [3.8, 4) is 0 Å². The van der Waals surface area contributed by atoms with Gasteiger partial charge in [-0.3, -0.25) is 4.98 Å². The maximum absolute atomic E-state index is 5.23. The second-order valence-electron chi connectivity index (χ2n) is 4.97. The molecule has 0 atom stereocenters. The Hall–Kier alpha value is -2.39. The summed E-state index contributed by atoms with van der Waals surface area (Å²) in [6.45, 7) is 1.40. The predicted molar refractivity (Wildman–Crippen MR) is 86.2 cm³/mol. The Kier molecular flexibility index (Phi) is 4.12. The summed E-state index contributed by atoms with van der Waals surface area (Å²) in [6, 6.07) is 18.6. The van der Waals surface area contributed by atoms with Crippen LogP contribution in [0.3, 0.4) is 0 Å². The number of para-hydroxylation sites is 1. The van der Waals surface area contributed by atoms with Gasteiger partial charge in [0.25, 0.3) is 0 Å². The molecule has 21 heavy (non-hydrogen) atoms. The average Bonchev–Trinajstić information content (AvgIpc) is 2.54. The molecule has 0 saturated carbocycles. The van der Waals surface area contributed by atoms with E-state index in [2.05, 4.69) is 46.7 Å². The molecule has 0 unspecified atom stereocenters. The summed E-state index contributed by atoms with van der Waals surface area (Å²) < 4.78 is 5.23. The maximum Gasteiger partial charge on any atom is 0.0733 e. The molecule has 0 aliphatic heterocycles. The van der Waals surface area contributed by atoms with Crippen LogP contribution in [0.15, 0.2) is 60.8 Å². The van der Waals surface area contributed by atoms with E-state index in [1.807, 2.05) is 24.4 Å². The lowest BCUT2D eigenvalue weighted by Crippen LogP contribution is -2.03. The number of fused-ring (bicyclic) bond motifs is 1. The van der Waals surface area contributed by atoms with Crippen molar-refractivity contribution in [3.63, 3.8) is 0 Å². The van der Waals surface area contributed by atoms with Crippen LogP contribution in [0.25, 0.3) is 10.9 Å². The summed E-state index contributed by atoms with van der Waals surface area (Å²) in [6.07, 6.45) is 1.82. The van der Waals surface area contributed by atoms with E-state index in [9.17, 15) is 0 Å². The molecule has 106 valence electrons. The van der Waals surface area contributed by atoms with Crippen molar-refractivity contribution < 1.29 is 4.74 Å². The van der Waals surface area contributed by atoms with Crippen LogP contribution in [0.2, 0.25) is 0 Å². The summed E-state index contributed by atoms with van der Waals surface area (Å²) in [7, 11) is 1.72. The number of nitrogens with zero attached hydrogens (tertiary/aromatic N) is 1. The van der Waals surface area contributed by atoms with Crippen molar-refractivity contribution in [2.24, 2.45) is 0 Å². The highest BCUT2D eigenvalue weighted by molar-refractivity contribution is 5.79. The molecule has 0 bridgehead atoms. The average molecular weight is 278 g/mol. The first-order valence-corrected chi connectivity index (χ1v) is 7.01. The third-order valence-corrected chi connectivity index (χ3v) is 3.47. The zero-order valence-corrected chi connectivity index (χ0v) is 12.0. The van der Waals surface area contributed by atoms with Crippen LogP contribution in [0.5, 0.6) is 0 Å². The van der Waals surface area contributed by atoms with Crippen molar-refractivity contribution in [2.45, 2.75) is 13.2 Å². The van der Waals surface area contributed by atoms with E-state index in [1.165, 1.54) is 16.5 Å². The summed E-state index contributed by atoms with van der Waals surface area (Å²) in [5.41, 5.74) is 4.55. The predicted octanol–water partition coefficient (Wildman–Crippen LogP) is 3.99. The van der Waals surface area contributed by atoms with Gasteiger partial charge in [-0.15, -0.1) is 0 Å². The van der Waals surface area contributed by atoms with E-state index in [4.69, 9.17) is 4.74 Å². The molecule has 3 aromatic rings. The van der Waals surface area contributed by atoms with Gasteiger partial charge in [0.1, 0.15) is 0 Å². The second-order valence-corrected chi connectivity index (χ2v) is 4.97. The zero-order valence-electron chi connectivity index (χ0n) is 12.0. The first-order valence-electron chi connectivity index (χ1n) is 7.01. The fourth-order valence-corrected chi connectivity index (χ4v) is 2.41. The minimum atomic E-state index is 0.616. The molecule has 3 heteroatoms. The number of anilines is 1. The summed E-state index contributed by atoms with van der Waals surface area (Å²) in [5.74, 6) is 0. The molecular weight excluding hydrogens is 260 g/mol. The molecule has 3 rings (SSSR count). The lowest BCUT2D eigenvalue weighted by atomic mass is 10.1. The number of nitrogens with one attached hydrogen (secondary N) is 1. The molecule has 0 saturated heterocycles. The molecule has 3 nitrogen and oxygen atoms in total. The SMILES string of the molecule is COCc1ccccc1NCc1ccc2ncccc2c1. The van der Waals surface area contributed by atoms with Crippen LogP contribution in [-0.2, 0) is 17.9 Å². The maximum atomic E-state index is 5.23. The molecule has 1 heterocycles. The van der Waals surface area contributed by atoms with Crippen molar-refractivity contribution in [2.75, 3.05) is 12.4 Å². The van der Waals surface area contributed by atoms with Crippen LogP contribution in [0.4, 0.5) is 5.69 Å².